The number of aryl methyl sites for hydroxylation is 1. The Labute approximate surface area is 117 Å². The van der Waals surface area contributed by atoms with Crippen LogP contribution in [0.4, 0.5) is 0 Å². The van der Waals surface area contributed by atoms with Crippen LogP contribution in [0.15, 0.2) is 21.9 Å². The summed E-state index contributed by atoms with van der Waals surface area (Å²) < 4.78 is 5.56. The maximum absolute atomic E-state index is 8.80. The number of thiazole rings is 1. The summed E-state index contributed by atoms with van der Waals surface area (Å²) in [6.45, 7) is 5.36. The predicted octanol–water partition coefficient (Wildman–Crippen LogP) is 3.30. The molecule has 100 valence electrons. The van der Waals surface area contributed by atoms with E-state index in [1.54, 1.807) is 11.3 Å². The van der Waals surface area contributed by atoms with Crippen LogP contribution in [0.25, 0.3) is 10.8 Å². The molecule has 2 aromatic heterocycles. The van der Waals surface area contributed by atoms with Crippen LogP contribution in [0.1, 0.15) is 18.4 Å². The van der Waals surface area contributed by atoms with Gasteiger partial charge in [0.25, 0.3) is 0 Å². The van der Waals surface area contributed by atoms with Gasteiger partial charge in [-0.1, -0.05) is 0 Å². The lowest BCUT2D eigenvalue weighted by Crippen LogP contribution is -2.23. The molecular formula is C14H17N3OS. The first-order valence-electron chi connectivity index (χ1n) is 6.18. The van der Waals surface area contributed by atoms with Crippen molar-refractivity contribution < 1.29 is 4.42 Å². The molecule has 4 nitrogen and oxygen atoms in total. The quantitative estimate of drug-likeness (QED) is 0.840. The maximum Gasteiger partial charge on any atom is 0.162 e. The summed E-state index contributed by atoms with van der Waals surface area (Å²) in [5.41, 5.74) is 1.02. The van der Waals surface area contributed by atoms with Gasteiger partial charge in [0, 0.05) is 18.5 Å². The Balaban J connectivity index is 2.00. The van der Waals surface area contributed by atoms with Gasteiger partial charge in [-0.25, -0.2) is 4.98 Å². The summed E-state index contributed by atoms with van der Waals surface area (Å²) >= 11 is 1.59. The van der Waals surface area contributed by atoms with E-state index in [-0.39, 0.29) is 5.92 Å². The van der Waals surface area contributed by atoms with Crippen molar-refractivity contribution in [3.05, 3.63) is 29.0 Å². The Hall–Kier alpha value is -1.64. The Morgan fingerprint density at radius 3 is 2.95 bits per heavy atom. The van der Waals surface area contributed by atoms with Crippen LogP contribution in [0.3, 0.4) is 0 Å². The summed E-state index contributed by atoms with van der Waals surface area (Å²) in [7, 11) is 2.00. The average molecular weight is 275 g/mol. The van der Waals surface area contributed by atoms with Crippen LogP contribution < -0.4 is 0 Å². The van der Waals surface area contributed by atoms with Gasteiger partial charge in [0.15, 0.2) is 10.8 Å². The van der Waals surface area contributed by atoms with E-state index in [4.69, 9.17) is 9.68 Å². The van der Waals surface area contributed by atoms with Crippen molar-refractivity contribution in [1.82, 2.24) is 9.88 Å². The average Bonchev–Trinajstić information content (AvgIpc) is 2.97. The lowest BCUT2D eigenvalue weighted by Gasteiger charge is -2.15. The van der Waals surface area contributed by atoms with E-state index in [1.165, 1.54) is 0 Å². The van der Waals surface area contributed by atoms with Crippen LogP contribution in [0, 0.1) is 24.2 Å². The highest BCUT2D eigenvalue weighted by molar-refractivity contribution is 7.13. The van der Waals surface area contributed by atoms with Gasteiger partial charge >= 0.3 is 0 Å². The van der Waals surface area contributed by atoms with E-state index in [2.05, 4.69) is 16.0 Å². The number of hydrogen-bond acceptors (Lipinski definition) is 5. The predicted molar refractivity (Wildman–Crippen MR) is 75.7 cm³/mol. The fourth-order valence-corrected chi connectivity index (χ4v) is 2.66. The molecule has 0 aliphatic carbocycles. The summed E-state index contributed by atoms with van der Waals surface area (Å²) in [6.07, 6.45) is 0. The van der Waals surface area contributed by atoms with Crippen LogP contribution >= 0.6 is 11.3 Å². The molecule has 0 unspecified atom stereocenters. The number of nitrogens with zero attached hydrogens (tertiary/aromatic N) is 3. The molecule has 2 aromatic rings. The molecule has 2 rings (SSSR count). The van der Waals surface area contributed by atoms with E-state index < -0.39 is 0 Å². The minimum absolute atomic E-state index is 0.0378. The van der Waals surface area contributed by atoms with Crippen molar-refractivity contribution >= 4 is 11.3 Å². The monoisotopic (exact) mass is 275 g/mol. The lowest BCUT2D eigenvalue weighted by atomic mass is 10.2. The smallest absolute Gasteiger partial charge is 0.162 e. The molecule has 0 amide bonds. The second kappa shape index (κ2) is 6.00. The van der Waals surface area contributed by atoms with Gasteiger partial charge in [-0.2, -0.15) is 5.26 Å². The summed E-state index contributed by atoms with van der Waals surface area (Å²) in [4.78, 5) is 6.68. The minimum atomic E-state index is 0.0378. The van der Waals surface area contributed by atoms with E-state index in [0.29, 0.717) is 0 Å². The van der Waals surface area contributed by atoms with Crippen LogP contribution in [-0.4, -0.2) is 23.5 Å². The van der Waals surface area contributed by atoms with Gasteiger partial charge in [0.1, 0.15) is 5.76 Å². The summed E-state index contributed by atoms with van der Waals surface area (Å²) in [5.74, 6) is 1.75. The zero-order valence-electron chi connectivity index (χ0n) is 11.4. The highest BCUT2D eigenvalue weighted by atomic mass is 32.1. The molecule has 0 spiro atoms. The van der Waals surface area contributed by atoms with Crippen LogP contribution in [-0.2, 0) is 6.54 Å². The second-order valence-corrected chi connectivity index (χ2v) is 5.64. The molecule has 0 aromatic carbocycles. The molecule has 0 saturated carbocycles. The number of hydrogen-bond donors (Lipinski definition) is 0. The Bertz CT molecular complexity index is 582. The second-order valence-electron chi connectivity index (χ2n) is 4.78. The molecular weight excluding hydrogens is 258 g/mol. The Morgan fingerprint density at radius 2 is 2.32 bits per heavy atom. The molecule has 0 aliphatic heterocycles. The Morgan fingerprint density at radius 1 is 1.53 bits per heavy atom. The van der Waals surface area contributed by atoms with Crippen molar-refractivity contribution in [2.75, 3.05) is 13.6 Å². The number of furan rings is 1. The van der Waals surface area contributed by atoms with Gasteiger partial charge in [0.2, 0.25) is 0 Å². The molecule has 5 heteroatoms. The zero-order valence-corrected chi connectivity index (χ0v) is 12.2. The number of nitriles is 1. The van der Waals surface area contributed by atoms with E-state index in [1.807, 2.05) is 38.4 Å². The molecule has 19 heavy (non-hydrogen) atoms. The SMILES string of the molecule is Cc1ccc(-c2nc(CN(C)C[C@@H](C)C#N)cs2)o1. The van der Waals surface area contributed by atoms with E-state index >= 15 is 0 Å². The first-order chi connectivity index (χ1) is 9.08. The molecule has 0 fully saturated rings. The molecule has 2 heterocycles. The van der Waals surface area contributed by atoms with Crippen molar-refractivity contribution in [3.8, 4) is 16.8 Å². The number of rotatable bonds is 5. The molecule has 0 radical (unpaired) electrons. The molecule has 0 aliphatic rings. The fraction of sp³-hybridized carbons (Fsp3) is 0.429. The van der Waals surface area contributed by atoms with Crippen LogP contribution in [0.5, 0.6) is 0 Å². The van der Waals surface area contributed by atoms with Crippen molar-refractivity contribution in [2.24, 2.45) is 5.92 Å². The van der Waals surface area contributed by atoms with Gasteiger partial charge in [-0.15, -0.1) is 11.3 Å². The normalized spacial score (nSPS) is 12.6. The summed E-state index contributed by atoms with van der Waals surface area (Å²) in [5, 5.41) is 11.8. The summed E-state index contributed by atoms with van der Waals surface area (Å²) in [6, 6.07) is 6.13. The topological polar surface area (TPSA) is 53.1 Å². The highest BCUT2D eigenvalue weighted by Gasteiger charge is 2.11. The van der Waals surface area contributed by atoms with Gasteiger partial charge in [-0.3, -0.25) is 4.90 Å². The van der Waals surface area contributed by atoms with Crippen molar-refractivity contribution in [1.29, 1.82) is 5.26 Å². The van der Waals surface area contributed by atoms with Crippen molar-refractivity contribution in [3.63, 3.8) is 0 Å². The minimum Gasteiger partial charge on any atom is -0.459 e. The van der Waals surface area contributed by atoms with Gasteiger partial charge < -0.3 is 4.42 Å². The lowest BCUT2D eigenvalue weighted by molar-refractivity contribution is 0.300. The third-order valence-corrected chi connectivity index (χ3v) is 3.65. The zero-order chi connectivity index (χ0) is 13.8. The molecule has 0 bridgehead atoms. The first-order valence-corrected chi connectivity index (χ1v) is 7.06. The standard InChI is InChI=1S/C14H17N3OS/c1-10(6-15)7-17(3)8-12-9-19-14(16-12)13-5-4-11(2)18-13/h4-5,9-10H,7-8H2,1-3H3/t10-/m0/s1. The largest absolute Gasteiger partial charge is 0.459 e. The number of aromatic nitrogens is 1. The van der Waals surface area contributed by atoms with Crippen LogP contribution in [0.2, 0.25) is 0 Å². The van der Waals surface area contributed by atoms with E-state index in [0.717, 1.165) is 35.3 Å². The first kappa shape index (κ1) is 13.8. The highest BCUT2D eigenvalue weighted by Crippen LogP contribution is 2.25. The van der Waals surface area contributed by atoms with E-state index in [9.17, 15) is 0 Å². The third kappa shape index (κ3) is 3.66. The van der Waals surface area contributed by atoms with Gasteiger partial charge in [0.05, 0.1) is 17.7 Å². The molecule has 0 saturated heterocycles. The van der Waals surface area contributed by atoms with Gasteiger partial charge in [-0.05, 0) is 33.0 Å². The molecule has 0 N–H and O–H groups in total. The molecule has 1 atom stereocenters. The Kier molecular flexibility index (Phi) is 4.35. The van der Waals surface area contributed by atoms with Crippen molar-refractivity contribution in [2.45, 2.75) is 20.4 Å². The third-order valence-electron chi connectivity index (χ3n) is 2.74. The maximum atomic E-state index is 8.80. The fourth-order valence-electron chi connectivity index (χ4n) is 1.89.